The van der Waals surface area contributed by atoms with E-state index in [9.17, 15) is 20.4 Å². The number of phenolic OH excluding ortho intramolecular Hbond substituents is 4. The second-order valence-electron chi connectivity index (χ2n) is 28.6. The molecule has 0 bridgehead atoms. The molecule has 2 unspecified atom stereocenters. The normalized spacial score (nSPS) is 11.8. The lowest BCUT2D eigenvalue weighted by atomic mass is 10.1. The molecule has 0 aliphatic carbocycles. The summed E-state index contributed by atoms with van der Waals surface area (Å²) in [5.74, 6) is 4.56. The van der Waals surface area contributed by atoms with Gasteiger partial charge >= 0.3 is 0 Å². The van der Waals surface area contributed by atoms with Gasteiger partial charge in [0.15, 0.2) is 57.2 Å². The molecule has 122 heavy (non-hydrogen) atoms. The van der Waals surface area contributed by atoms with Crippen molar-refractivity contribution in [2.45, 2.75) is 39.3 Å². The van der Waals surface area contributed by atoms with Crippen LogP contribution in [0, 0.1) is 28.6 Å². The first-order valence-electron chi connectivity index (χ1n) is 38.7. The number of hydrogen-bond acceptors (Lipinski definition) is 8. The monoisotopic (exact) mass is 2570 g/mol. The number of benzene rings is 16. The Morgan fingerprint density at radius 3 is 0.828 bits per heavy atom. The highest BCUT2D eigenvalue weighted by Crippen LogP contribution is 2.54. The van der Waals surface area contributed by atoms with Crippen LogP contribution in [-0.2, 0) is 13.2 Å². The molecule has 8 nitrogen and oxygen atoms in total. The third kappa shape index (κ3) is 18.6. The van der Waals surface area contributed by atoms with Gasteiger partial charge in [0.25, 0.3) is 0 Å². The topological polar surface area (TPSA) is 118 Å². The Morgan fingerprint density at radius 1 is 0.254 bits per heavy atom. The Balaban J connectivity index is 0.000000116. The summed E-state index contributed by atoms with van der Waals surface area (Å²) >= 11 is 17.4. The number of thiophene rings is 4. The molecule has 20 rings (SSSR count). The van der Waals surface area contributed by atoms with Crippen molar-refractivity contribution < 1.29 is 39.4 Å². The van der Waals surface area contributed by atoms with Gasteiger partial charge in [-0.15, -0.1) is 0 Å². The molecule has 0 saturated carbocycles. The van der Waals surface area contributed by atoms with Crippen molar-refractivity contribution in [1.29, 1.82) is 0 Å². The summed E-state index contributed by atoms with van der Waals surface area (Å²) in [7, 11) is -0.376. The van der Waals surface area contributed by atoms with Crippen LogP contribution in [0.5, 0.6) is 46.0 Å². The average Bonchev–Trinajstić information content (AvgIpc) is 1.62. The van der Waals surface area contributed by atoms with Gasteiger partial charge in [0.2, 0.25) is 0 Å². The van der Waals surface area contributed by atoms with E-state index in [1.54, 1.807) is 0 Å². The number of ether oxygens (including phenoxy) is 4. The summed E-state index contributed by atoms with van der Waals surface area (Å²) in [6.45, 7) is 4.83. The molecule has 4 aromatic heterocycles. The Labute approximate surface area is 826 Å². The fourth-order valence-electron chi connectivity index (χ4n) is 15.1. The minimum absolute atomic E-state index is 0.0829. The van der Waals surface area contributed by atoms with Crippen LogP contribution in [0.4, 0.5) is 0 Å². The highest BCUT2D eigenvalue weighted by atomic mass is 127. The number of hydrogen-bond donors (Lipinski definition) is 4. The Morgan fingerprint density at radius 2 is 0.508 bits per heavy atom. The smallest absolute Gasteiger partial charge is 0.187 e. The molecule has 20 aromatic rings. The van der Waals surface area contributed by atoms with Crippen LogP contribution in [0.25, 0.3) is 100 Å². The van der Waals surface area contributed by atoms with Crippen LogP contribution >= 0.6 is 223 Å². The van der Waals surface area contributed by atoms with Crippen molar-refractivity contribution in [2.24, 2.45) is 0 Å². The van der Waals surface area contributed by atoms with Gasteiger partial charge in [-0.1, -0.05) is 97.1 Å². The van der Waals surface area contributed by atoms with Crippen LogP contribution in [0.15, 0.2) is 340 Å². The lowest BCUT2D eigenvalue weighted by Gasteiger charge is -2.17. The van der Waals surface area contributed by atoms with Crippen LogP contribution in [0.3, 0.4) is 0 Å². The summed E-state index contributed by atoms with van der Waals surface area (Å²) in [5, 5.41) is 51.4. The molecule has 4 heterocycles. The molecule has 0 aliphatic heterocycles. The average molecular weight is 2570 g/mol. The number of phenols is 4. The van der Waals surface area contributed by atoms with E-state index < -0.39 is 0 Å². The van der Waals surface area contributed by atoms with E-state index in [0.717, 1.165) is 73.8 Å². The zero-order valence-electron chi connectivity index (χ0n) is 65.0. The molecule has 0 aliphatic rings. The van der Waals surface area contributed by atoms with Gasteiger partial charge < -0.3 is 39.4 Å². The van der Waals surface area contributed by atoms with Crippen LogP contribution in [-0.4, -0.2) is 20.4 Å². The predicted molar refractivity (Wildman–Crippen MR) is 582 cm³/mol. The van der Waals surface area contributed by atoms with E-state index in [0.29, 0.717) is 36.2 Å². The number of aromatic hydroxyl groups is 4. The summed E-state index contributed by atoms with van der Waals surface area (Å²) in [6.07, 6.45) is -0.353. The lowest BCUT2D eigenvalue weighted by molar-refractivity contribution is 0.221. The van der Waals surface area contributed by atoms with E-state index in [1.165, 1.54) is 100 Å². The highest BCUT2D eigenvalue weighted by Gasteiger charge is 2.29. The van der Waals surface area contributed by atoms with Gasteiger partial charge in [-0.3, -0.25) is 0 Å². The predicted octanol–water partition coefficient (Wildman–Crippen LogP) is 34.0. The zero-order chi connectivity index (χ0) is 84.4. The quantitative estimate of drug-likeness (QED) is 0.0558. The van der Waals surface area contributed by atoms with Crippen molar-refractivity contribution in [1.82, 2.24) is 0 Å². The van der Waals surface area contributed by atoms with Gasteiger partial charge in [0.05, 0.1) is 21.4 Å². The van der Waals surface area contributed by atoms with Crippen molar-refractivity contribution in [3.63, 3.8) is 0 Å². The fraction of sp³-hybridized carbons (Fsp3) is 0.0588. The van der Waals surface area contributed by atoms with Crippen LogP contribution in [0.2, 0.25) is 0 Å². The number of fused-ring (bicyclic) bond motifs is 12. The summed E-state index contributed by atoms with van der Waals surface area (Å²) < 4.78 is 42.7. The minimum atomic E-state index is -0.246. The first-order valence-corrected chi connectivity index (χ1v) is 52.2. The van der Waals surface area contributed by atoms with Crippen LogP contribution < -0.4 is 18.9 Å². The van der Waals surface area contributed by atoms with Crippen LogP contribution in [0.1, 0.15) is 48.3 Å². The zero-order valence-corrected chi connectivity index (χ0v) is 85.5. The molecule has 0 fully saturated rings. The second kappa shape index (κ2) is 38.9. The van der Waals surface area contributed by atoms with E-state index in [1.807, 2.05) is 86.6 Å². The van der Waals surface area contributed by atoms with Gasteiger partial charge in [-0.25, -0.2) is 0 Å². The van der Waals surface area contributed by atoms with E-state index in [-0.39, 0.29) is 54.1 Å². The third-order valence-corrected chi connectivity index (χ3v) is 36.4. The van der Waals surface area contributed by atoms with Gasteiger partial charge in [-0.2, -0.15) is 0 Å². The third-order valence-electron chi connectivity index (χ3n) is 20.9. The van der Waals surface area contributed by atoms with Crippen molar-refractivity contribution >= 4 is 303 Å². The summed E-state index contributed by atoms with van der Waals surface area (Å²) in [6, 6.07) is 119. The molecule has 0 saturated heterocycles. The lowest BCUT2D eigenvalue weighted by Crippen LogP contribution is -2.04. The molecule has 0 spiro atoms. The molecule has 20 heteroatoms. The van der Waals surface area contributed by atoms with E-state index in [2.05, 4.69) is 448 Å². The number of halogens is 8. The molecule has 16 aromatic carbocycles. The van der Waals surface area contributed by atoms with E-state index in [4.69, 9.17) is 18.9 Å². The Hall–Kier alpha value is -7.36. The number of rotatable bonds is 16. The fourth-order valence-corrected chi connectivity index (χ4v) is 32.2. The first-order chi connectivity index (χ1) is 59.3. The van der Waals surface area contributed by atoms with Gasteiger partial charge in [0, 0.05) is 152 Å². The maximum absolute atomic E-state index is 10.5. The molecular formula is C102H72I8O8S4+4. The molecule has 0 radical (unpaired) electrons. The van der Waals surface area contributed by atoms with Gasteiger partial charge in [-0.05, 0) is 400 Å². The van der Waals surface area contributed by atoms with Crippen molar-refractivity contribution in [3.05, 3.63) is 391 Å². The molecule has 2 atom stereocenters. The van der Waals surface area contributed by atoms with Crippen molar-refractivity contribution in [3.8, 4) is 65.6 Å². The SMILES string of the molecule is CC(Oc1ccc(-[s+]2c3ccccc3c3ccccc32)cc1)c1cc(I)c(O)c(I)c1.CC(Oc1ccc(-[s+]2c3ccccc3c3ccccc32)cc1)c1cc(I)cc(I)c1O.Oc1c(I)cc(COc2ccc(-[s+]3c4ccccc4c4ccccc43)cc2)cc1I.Oc1c(I)cc(I)cc1COc1ccc(-[s+]2c3ccccc3c3ccccc32)cc1. The Kier molecular flexibility index (Phi) is 27.6. The maximum Gasteiger partial charge on any atom is 0.187 e. The molecule has 604 valence electrons. The van der Waals surface area contributed by atoms with Gasteiger partial charge in [0.1, 0.15) is 71.4 Å². The maximum atomic E-state index is 10.5. The van der Waals surface area contributed by atoms with Crippen molar-refractivity contribution in [2.75, 3.05) is 0 Å². The Bertz CT molecular complexity index is 7040. The standard InChI is InChI=1S/2C26H18I2O2S.2C25H16I2O2S/c1-16(22-14-17(27)15-23(28)26(22)29)30-18-10-12-19(13-11-18)31-24-8-4-2-6-20(24)21-7-3-5-9-25(21)31;1-16(17-14-22(27)26(29)23(28)15-17)30-18-10-12-19(13-11-18)31-24-8-4-2-6-20(24)21-7-3-5-9-25(21)31;26-17-13-16(25(28)22(27)14-17)15-29-18-9-11-19(12-10-18)30-23-7-3-1-5-20(23)21-6-2-4-8-24(21)30;26-21-13-16(14-22(27)25(21)28)15-29-17-9-11-18(12-10-17)30-23-7-3-1-5-19(23)20-6-2-4-8-24(20)30/h2*2-16H,1H3;2*1-14H,15H2/p+4. The highest BCUT2D eigenvalue weighted by molar-refractivity contribution is 14.1. The molecular weight excluding hydrogens is 2500 g/mol. The van der Waals surface area contributed by atoms with E-state index >= 15 is 0 Å². The molecule has 0 amide bonds. The molecule has 4 N–H and O–H groups in total. The second-order valence-corrected chi connectivity index (χ2v) is 46.0. The summed E-state index contributed by atoms with van der Waals surface area (Å²) in [4.78, 5) is 5.16. The first kappa shape index (κ1) is 86.7. The minimum Gasteiger partial charge on any atom is -0.506 e. The summed E-state index contributed by atoms with van der Waals surface area (Å²) in [5.41, 5.74) is 3.71. The largest absolute Gasteiger partial charge is 0.506 e.